The van der Waals surface area contributed by atoms with Gasteiger partial charge in [0.15, 0.2) is 0 Å². The minimum Gasteiger partial charge on any atom is -0.498 e. The highest BCUT2D eigenvalue weighted by Crippen LogP contribution is 2.12. The van der Waals surface area contributed by atoms with Gasteiger partial charge in [-0.3, -0.25) is 0 Å². The fraction of sp³-hybridized carbons (Fsp3) is 0.833. The van der Waals surface area contributed by atoms with Crippen LogP contribution in [0.4, 0.5) is 0 Å². The zero-order valence-electron chi connectivity index (χ0n) is 13.2. The van der Waals surface area contributed by atoms with E-state index in [9.17, 15) is 0 Å². The molecule has 113 valence electrons. The molecular weight excluding hydrogens is 232 g/mol. The molecule has 0 saturated heterocycles. The molecule has 0 unspecified atom stereocenters. The topological polar surface area (TPSA) is 9.23 Å². The van der Waals surface area contributed by atoms with Gasteiger partial charge in [0, 0.05) is 0 Å². The molecule has 0 heterocycles. The molecule has 0 fully saturated rings. The summed E-state index contributed by atoms with van der Waals surface area (Å²) >= 11 is 0. The molecule has 0 saturated carbocycles. The van der Waals surface area contributed by atoms with Crippen molar-refractivity contribution < 1.29 is 4.74 Å². The van der Waals surface area contributed by atoms with Gasteiger partial charge in [0.1, 0.15) is 7.11 Å². The Morgan fingerprint density at radius 2 is 1.11 bits per heavy atom. The molecule has 0 aliphatic heterocycles. The van der Waals surface area contributed by atoms with Crippen LogP contribution in [0, 0.1) is 7.11 Å². The normalized spacial score (nSPS) is 11.3. The molecule has 1 nitrogen and oxygen atoms in total. The van der Waals surface area contributed by atoms with Gasteiger partial charge in [0.05, 0.1) is 6.26 Å². The van der Waals surface area contributed by atoms with E-state index in [2.05, 4.69) is 24.8 Å². The molecular formula is C18H35O. The van der Waals surface area contributed by atoms with Gasteiger partial charge in [-0.05, 0) is 18.9 Å². The van der Waals surface area contributed by atoms with Crippen molar-refractivity contribution in [1.29, 1.82) is 0 Å². The first-order chi connectivity index (χ1) is 9.41. The molecule has 1 heteroatoms. The van der Waals surface area contributed by atoms with Gasteiger partial charge in [-0.1, -0.05) is 84.0 Å². The maximum atomic E-state index is 4.62. The van der Waals surface area contributed by atoms with Crippen LogP contribution in [0.1, 0.15) is 96.8 Å². The smallest absolute Gasteiger partial charge is 0.121 e. The monoisotopic (exact) mass is 267 g/mol. The zero-order chi connectivity index (χ0) is 14.0. The molecule has 0 rings (SSSR count). The van der Waals surface area contributed by atoms with Crippen LogP contribution in [0.2, 0.25) is 0 Å². The molecule has 1 radical (unpaired) electrons. The molecule has 0 atom stereocenters. The van der Waals surface area contributed by atoms with E-state index in [-0.39, 0.29) is 0 Å². The van der Waals surface area contributed by atoms with Gasteiger partial charge in [-0.2, -0.15) is 0 Å². The molecule has 0 aromatic rings. The Balaban J connectivity index is 2.93. The SMILES string of the molecule is [CH2]O/C=C/CCCCCCCCCCCCCCC. The number of ether oxygens (including phenoxy) is 1. The molecule has 0 bridgehead atoms. The van der Waals surface area contributed by atoms with E-state index in [1.807, 2.05) is 0 Å². The molecule has 0 aromatic carbocycles. The number of rotatable bonds is 15. The second kappa shape index (κ2) is 17.5. The van der Waals surface area contributed by atoms with Crippen LogP contribution in [-0.4, -0.2) is 0 Å². The summed E-state index contributed by atoms with van der Waals surface area (Å²) in [5.74, 6) is 0. The maximum Gasteiger partial charge on any atom is 0.121 e. The van der Waals surface area contributed by atoms with Crippen molar-refractivity contribution in [2.45, 2.75) is 96.8 Å². The molecule has 0 spiro atoms. The summed E-state index contributed by atoms with van der Waals surface area (Å²) in [5, 5.41) is 0. The number of hydrogen-bond donors (Lipinski definition) is 0. The largest absolute Gasteiger partial charge is 0.498 e. The second-order valence-electron chi connectivity index (χ2n) is 5.57. The van der Waals surface area contributed by atoms with E-state index in [0.717, 1.165) is 6.42 Å². The Labute approximate surface area is 121 Å². The third kappa shape index (κ3) is 17.5. The summed E-state index contributed by atoms with van der Waals surface area (Å²) < 4.78 is 4.62. The third-order valence-corrected chi connectivity index (χ3v) is 3.67. The molecule has 0 aromatic heterocycles. The highest BCUT2D eigenvalue weighted by Gasteiger charge is 1.93. The van der Waals surface area contributed by atoms with Gasteiger partial charge in [-0.25, -0.2) is 0 Å². The fourth-order valence-corrected chi connectivity index (χ4v) is 2.42. The lowest BCUT2D eigenvalue weighted by molar-refractivity contribution is 0.391. The van der Waals surface area contributed by atoms with E-state index >= 15 is 0 Å². The van der Waals surface area contributed by atoms with Gasteiger partial charge >= 0.3 is 0 Å². The number of allylic oxidation sites excluding steroid dienone is 1. The highest BCUT2D eigenvalue weighted by atomic mass is 16.5. The van der Waals surface area contributed by atoms with Crippen LogP contribution in [-0.2, 0) is 4.74 Å². The molecule has 0 aliphatic carbocycles. The standard InChI is InChI=1S/C18H35O/c1-3-4-5-6-7-8-9-10-11-12-13-14-15-16-17-18-19-2/h17-18H,2-16H2,1H3/b18-17+. The van der Waals surface area contributed by atoms with Crippen LogP contribution < -0.4 is 0 Å². The van der Waals surface area contributed by atoms with E-state index < -0.39 is 0 Å². The Hall–Kier alpha value is -0.460. The third-order valence-electron chi connectivity index (χ3n) is 3.67. The maximum absolute atomic E-state index is 4.62. The van der Waals surface area contributed by atoms with E-state index in [0.29, 0.717) is 0 Å². The van der Waals surface area contributed by atoms with Gasteiger partial charge in [-0.15, -0.1) is 0 Å². The summed E-state index contributed by atoms with van der Waals surface area (Å²) in [4.78, 5) is 0. The lowest BCUT2D eigenvalue weighted by Crippen LogP contribution is -1.82. The van der Waals surface area contributed by atoms with E-state index in [1.165, 1.54) is 83.5 Å². The first kappa shape index (κ1) is 18.5. The first-order valence-electron chi connectivity index (χ1n) is 8.47. The van der Waals surface area contributed by atoms with Crippen molar-refractivity contribution in [3.63, 3.8) is 0 Å². The van der Waals surface area contributed by atoms with Crippen LogP contribution in [0.15, 0.2) is 12.3 Å². The van der Waals surface area contributed by atoms with E-state index in [4.69, 9.17) is 0 Å². The Kier molecular flexibility index (Phi) is 17.1. The fourth-order valence-electron chi connectivity index (χ4n) is 2.42. The Bertz CT molecular complexity index is 175. The zero-order valence-corrected chi connectivity index (χ0v) is 13.2. The van der Waals surface area contributed by atoms with Gasteiger partial charge in [0.25, 0.3) is 0 Å². The summed E-state index contributed by atoms with van der Waals surface area (Å²) in [6, 6.07) is 0. The quantitative estimate of drug-likeness (QED) is 0.234. The average Bonchev–Trinajstić information content (AvgIpc) is 2.43. The van der Waals surface area contributed by atoms with Crippen molar-refractivity contribution in [1.82, 2.24) is 0 Å². The number of hydrogen-bond acceptors (Lipinski definition) is 1. The Morgan fingerprint density at radius 3 is 1.53 bits per heavy atom. The number of unbranched alkanes of at least 4 members (excludes halogenated alkanes) is 13. The summed E-state index contributed by atoms with van der Waals surface area (Å²) in [5.41, 5.74) is 0. The van der Waals surface area contributed by atoms with Gasteiger partial charge < -0.3 is 4.74 Å². The second-order valence-corrected chi connectivity index (χ2v) is 5.57. The van der Waals surface area contributed by atoms with Crippen LogP contribution >= 0.6 is 0 Å². The van der Waals surface area contributed by atoms with Crippen molar-refractivity contribution in [3.8, 4) is 0 Å². The minimum atomic E-state index is 1.13. The van der Waals surface area contributed by atoms with Crippen LogP contribution in [0.3, 0.4) is 0 Å². The molecule has 0 aliphatic rings. The molecule has 0 amide bonds. The van der Waals surface area contributed by atoms with Crippen LogP contribution in [0.5, 0.6) is 0 Å². The molecule has 0 N–H and O–H groups in total. The predicted octanol–water partition coefficient (Wildman–Crippen LogP) is 6.79. The van der Waals surface area contributed by atoms with Crippen LogP contribution in [0.25, 0.3) is 0 Å². The highest BCUT2D eigenvalue weighted by molar-refractivity contribution is 4.72. The summed E-state index contributed by atoms with van der Waals surface area (Å²) in [6.07, 6.45) is 23.3. The predicted molar refractivity (Wildman–Crippen MR) is 85.9 cm³/mol. The lowest BCUT2D eigenvalue weighted by Gasteiger charge is -2.02. The van der Waals surface area contributed by atoms with Crippen molar-refractivity contribution >= 4 is 0 Å². The van der Waals surface area contributed by atoms with Gasteiger partial charge in [0.2, 0.25) is 0 Å². The first-order valence-corrected chi connectivity index (χ1v) is 8.47. The minimum absolute atomic E-state index is 1.13. The molecule has 19 heavy (non-hydrogen) atoms. The average molecular weight is 267 g/mol. The Morgan fingerprint density at radius 1 is 0.684 bits per heavy atom. The summed E-state index contributed by atoms with van der Waals surface area (Å²) in [6.45, 7) is 2.28. The summed E-state index contributed by atoms with van der Waals surface area (Å²) in [7, 11) is 3.30. The van der Waals surface area contributed by atoms with Crippen molar-refractivity contribution in [2.24, 2.45) is 0 Å². The lowest BCUT2D eigenvalue weighted by atomic mass is 10.0. The van der Waals surface area contributed by atoms with E-state index in [1.54, 1.807) is 6.26 Å². The van der Waals surface area contributed by atoms with Crippen molar-refractivity contribution in [3.05, 3.63) is 19.4 Å². The van der Waals surface area contributed by atoms with Crippen molar-refractivity contribution in [2.75, 3.05) is 0 Å².